The van der Waals surface area contributed by atoms with Crippen molar-refractivity contribution in [3.05, 3.63) is 34.1 Å². The lowest BCUT2D eigenvalue weighted by atomic mass is 10.0. The smallest absolute Gasteiger partial charge is 0.129 e. The Hall–Kier alpha value is -0.450. The maximum absolute atomic E-state index is 13.9. The molecule has 0 bridgehead atoms. The summed E-state index contributed by atoms with van der Waals surface area (Å²) in [6.45, 7) is 7.66. The Morgan fingerprint density at radius 2 is 2.11 bits per heavy atom. The molecule has 2 nitrogen and oxygen atoms in total. The molecule has 0 aromatic heterocycles. The zero-order chi connectivity index (χ0) is 13.8. The number of likely N-dealkylation sites (tertiary alicyclic amines) is 1. The minimum Gasteiger partial charge on any atom is -0.307 e. The number of hydrogen-bond acceptors (Lipinski definition) is 2. The van der Waals surface area contributed by atoms with Gasteiger partial charge in [0.25, 0.3) is 0 Å². The number of halogens is 2. The fourth-order valence-corrected chi connectivity index (χ4v) is 3.05. The van der Waals surface area contributed by atoms with E-state index in [1.165, 1.54) is 6.07 Å². The highest BCUT2D eigenvalue weighted by Crippen LogP contribution is 2.22. The van der Waals surface area contributed by atoms with Gasteiger partial charge in [0.05, 0.1) is 0 Å². The molecule has 1 aliphatic heterocycles. The van der Waals surface area contributed by atoms with E-state index in [9.17, 15) is 4.39 Å². The predicted molar refractivity (Wildman–Crippen MR) is 80.8 cm³/mol. The van der Waals surface area contributed by atoms with Crippen LogP contribution in [-0.2, 0) is 0 Å². The lowest BCUT2D eigenvalue weighted by Gasteiger charge is -2.33. The Morgan fingerprint density at radius 1 is 1.42 bits per heavy atom. The molecule has 1 atom stereocenters. The van der Waals surface area contributed by atoms with Crippen molar-refractivity contribution in [2.75, 3.05) is 19.6 Å². The van der Waals surface area contributed by atoms with Crippen LogP contribution in [0.1, 0.15) is 38.3 Å². The van der Waals surface area contributed by atoms with E-state index in [2.05, 4.69) is 33.1 Å². The first-order valence-corrected chi connectivity index (χ1v) is 7.82. The number of benzene rings is 1. The van der Waals surface area contributed by atoms with E-state index < -0.39 is 0 Å². The van der Waals surface area contributed by atoms with E-state index in [1.54, 1.807) is 0 Å². The van der Waals surface area contributed by atoms with Gasteiger partial charge in [0.1, 0.15) is 5.82 Å². The lowest BCUT2D eigenvalue weighted by Crippen LogP contribution is -2.43. The van der Waals surface area contributed by atoms with E-state index in [0.29, 0.717) is 6.04 Å². The molecule has 0 spiro atoms. The van der Waals surface area contributed by atoms with Crippen LogP contribution in [0, 0.1) is 5.82 Å². The van der Waals surface area contributed by atoms with Gasteiger partial charge in [-0.2, -0.15) is 0 Å². The van der Waals surface area contributed by atoms with Crippen molar-refractivity contribution >= 4 is 15.9 Å². The number of nitrogens with zero attached hydrogens (tertiary/aromatic N) is 1. The van der Waals surface area contributed by atoms with Crippen molar-refractivity contribution in [2.45, 2.75) is 38.8 Å². The number of hydrogen-bond donors (Lipinski definition) is 1. The summed E-state index contributed by atoms with van der Waals surface area (Å²) < 4.78 is 14.7. The number of nitrogens with one attached hydrogen (secondary N) is 1. The molecule has 1 aromatic carbocycles. The van der Waals surface area contributed by atoms with E-state index in [0.717, 1.165) is 42.5 Å². The van der Waals surface area contributed by atoms with Gasteiger partial charge in [-0.05, 0) is 51.5 Å². The molecular weight excluding hydrogens is 307 g/mol. The maximum Gasteiger partial charge on any atom is 0.129 e. The fourth-order valence-electron chi connectivity index (χ4n) is 2.71. The third-order valence-corrected chi connectivity index (χ3v) is 4.44. The van der Waals surface area contributed by atoms with Gasteiger partial charge in [-0.1, -0.05) is 28.9 Å². The minimum absolute atomic E-state index is 0.0614. The first kappa shape index (κ1) is 14.9. The summed E-state index contributed by atoms with van der Waals surface area (Å²) >= 11 is 3.29. The minimum atomic E-state index is -0.139. The Balaban J connectivity index is 1.92. The maximum atomic E-state index is 13.9. The van der Waals surface area contributed by atoms with Crippen LogP contribution in [0.2, 0.25) is 0 Å². The van der Waals surface area contributed by atoms with Crippen LogP contribution in [0.3, 0.4) is 0 Å². The van der Waals surface area contributed by atoms with E-state index in [4.69, 9.17) is 0 Å². The Kier molecular flexibility index (Phi) is 5.37. The van der Waals surface area contributed by atoms with Gasteiger partial charge in [-0.3, -0.25) is 0 Å². The van der Waals surface area contributed by atoms with Crippen molar-refractivity contribution < 1.29 is 4.39 Å². The number of rotatable bonds is 4. The molecular formula is C15H22BrFN2. The normalized spacial score (nSPS) is 19.6. The average molecular weight is 329 g/mol. The fraction of sp³-hybridized carbons (Fsp3) is 0.600. The van der Waals surface area contributed by atoms with Gasteiger partial charge in [-0.25, -0.2) is 4.39 Å². The molecule has 1 aliphatic rings. The molecule has 1 aromatic rings. The highest BCUT2D eigenvalue weighted by Gasteiger charge is 2.21. The summed E-state index contributed by atoms with van der Waals surface area (Å²) in [6, 6.07) is 5.86. The Morgan fingerprint density at radius 3 is 2.68 bits per heavy atom. The topological polar surface area (TPSA) is 15.3 Å². The molecule has 0 saturated carbocycles. The summed E-state index contributed by atoms with van der Waals surface area (Å²) in [5.41, 5.74) is 0.751. The summed E-state index contributed by atoms with van der Waals surface area (Å²) in [7, 11) is 0. The second kappa shape index (κ2) is 6.82. The molecule has 19 heavy (non-hydrogen) atoms. The third-order valence-electron chi connectivity index (χ3n) is 3.95. The van der Waals surface area contributed by atoms with Gasteiger partial charge >= 0.3 is 0 Å². The Labute approximate surface area is 123 Å². The first-order valence-electron chi connectivity index (χ1n) is 7.03. The second-order valence-corrected chi connectivity index (χ2v) is 6.18. The monoisotopic (exact) mass is 328 g/mol. The largest absolute Gasteiger partial charge is 0.307 e. The molecule has 1 fully saturated rings. The molecule has 0 amide bonds. The van der Waals surface area contributed by atoms with Crippen LogP contribution >= 0.6 is 15.9 Å². The first-order chi connectivity index (χ1) is 9.10. The van der Waals surface area contributed by atoms with Crippen LogP contribution in [0.4, 0.5) is 4.39 Å². The van der Waals surface area contributed by atoms with Crippen molar-refractivity contribution in [3.63, 3.8) is 0 Å². The van der Waals surface area contributed by atoms with Gasteiger partial charge < -0.3 is 10.2 Å². The van der Waals surface area contributed by atoms with Crippen molar-refractivity contribution in [1.82, 2.24) is 10.2 Å². The molecule has 106 valence electrons. The molecule has 1 saturated heterocycles. The number of piperidine rings is 1. The summed E-state index contributed by atoms with van der Waals surface area (Å²) in [4.78, 5) is 2.46. The van der Waals surface area contributed by atoms with Crippen LogP contribution in [0.25, 0.3) is 0 Å². The van der Waals surface area contributed by atoms with E-state index in [-0.39, 0.29) is 11.9 Å². The summed E-state index contributed by atoms with van der Waals surface area (Å²) in [5.74, 6) is -0.139. The highest BCUT2D eigenvalue weighted by molar-refractivity contribution is 9.10. The lowest BCUT2D eigenvalue weighted by molar-refractivity contribution is 0.200. The molecule has 4 heteroatoms. The van der Waals surface area contributed by atoms with Crippen molar-refractivity contribution in [2.24, 2.45) is 0 Å². The van der Waals surface area contributed by atoms with Crippen LogP contribution in [0.5, 0.6) is 0 Å². The molecule has 1 heterocycles. The zero-order valence-corrected chi connectivity index (χ0v) is 13.2. The van der Waals surface area contributed by atoms with E-state index in [1.807, 2.05) is 19.1 Å². The SMILES string of the molecule is CCN1CCC(NC(C)c2ccc(Br)cc2F)CC1. The van der Waals surface area contributed by atoms with Crippen LogP contribution in [-0.4, -0.2) is 30.6 Å². The van der Waals surface area contributed by atoms with E-state index >= 15 is 0 Å². The molecule has 1 unspecified atom stereocenters. The molecule has 0 aliphatic carbocycles. The average Bonchev–Trinajstić information content (AvgIpc) is 2.39. The predicted octanol–water partition coefficient (Wildman–Crippen LogP) is 3.72. The second-order valence-electron chi connectivity index (χ2n) is 5.26. The zero-order valence-electron chi connectivity index (χ0n) is 11.6. The standard InChI is InChI=1S/C15H22BrFN2/c1-3-19-8-6-13(7-9-19)18-11(2)14-5-4-12(16)10-15(14)17/h4-5,10-11,13,18H,3,6-9H2,1-2H3. The highest BCUT2D eigenvalue weighted by atomic mass is 79.9. The third kappa shape index (κ3) is 4.01. The molecule has 1 N–H and O–H groups in total. The van der Waals surface area contributed by atoms with Gasteiger partial charge in [0.2, 0.25) is 0 Å². The van der Waals surface area contributed by atoms with Gasteiger partial charge in [0.15, 0.2) is 0 Å². The van der Waals surface area contributed by atoms with Crippen LogP contribution < -0.4 is 5.32 Å². The van der Waals surface area contributed by atoms with Gasteiger partial charge in [-0.15, -0.1) is 0 Å². The van der Waals surface area contributed by atoms with Crippen LogP contribution in [0.15, 0.2) is 22.7 Å². The summed E-state index contributed by atoms with van der Waals surface area (Å²) in [6.07, 6.45) is 2.30. The van der Waals surface area contributed by atoms with Crippen molar-refractivity contribution in [1.29, 1.82) is 0 Å². The van der Waals surface area contributed by atoms with Crippen molar-refractivity contribution in [3.8, 4) is 0 Å². The van der Waals surface area contributed by atoms with Gasteiger partial charge in [0, 0.05) is 22.1 Å². The quantitative estimate of drug-likeness (QED) is 0.906. The summed E-state index contributed by atoms with van der Waals surface area (Å²) in [5, 5.41) is 3.56. The molecule has 0 radical (unpaired) electrons. The molecule has 2 rings (SSSR count). The Bertz CT molecular complexity index is 417.